The van der Waals surface area contributed by atoms with Crippen LogP contribution in [-0.2, 0) is 14.3 Å². The van der Waals surface area contributed by atoms with Gasteiger partial charge in [-0.25, -0.2) is 0 Å². The van der Waals surface area contributed by atoms with Crippen LogP contribution in [0.1, 0.15) is 26.7 Å². The Bertz CT molecular complexity index is 306. The first-order valence-corrected chi connectivity index (χ1v) is 6.25. The molecule has 0 saturated carbocycles. The summed E-state index contributed by atoms with van der Waals surface area (Å²) in [6, 6.07) is -0.304. The average Bonchev–Trinajstić information content (AvgIpc) is 2.70. The summed E-state index contributed by atoms with van der Waals surface area (Å²) in [6.45, 7) is 4.94. The molecule has 1 heterocycles. The van der Waals surface area contributed by atoms with Gasteiger partial charge in [-0.3, -0.25) is 14.5 Å². The predicted octanol–water partition coefficient (Wildman–Crippen LogP) is -0.491. The number of rotatable bonds is 5. The normalized spacial score (nSPS) is 24.3. The molecule has 6 heteroatoms. The third kappa shape index (κ3) is 3.68. The van der Waals surface area contributed by atoms with Crippen molar-refractivity contribution in [2.75, 3.05) is 20.2 Å². The van der Waals surface area contributed by atoms with Crippen molar-refractivity contribution in [3.8, 4) is 0 Å². The Balaban J connectivity index is 2.46. The molecule has 2 N–H and O–H groups in total. The number of esters is 1. The number of carbonyl (C=O) groups is 2. The van der Waals surface area contributed by atoms with Gasteiger partial charge in [-0.15, -0.1) is 0 Å². The number of hydrogen-bond acceptors (Lipinski definition) is 5. The van der Waals surface area contributed by atoms with Gasteiger partial charge < -0.3 is 15.2 Å². The van der Waals surface area contributed by atoms with Crippen LogP contribution < -0.4 is 5.32 Å². The van der Waals surface area contributed by atoms with E-state index in [0.29, 0.717) is 13.0 Å². The minimum Gasteiger partial charge on any atom is -0.469 e. The summed E-state index contributed by atoms with van der Waals surface area (Å²) in [6.07, 6.45) is 0.116. The lowest BCUT2D eigenvalue weighted by Crippen LogP contribution is -2.50. The first kappa shape index (κ1) is 14.9. The monoisotopic (exact) mass is 258 g/mol. The largest absolute Gasteiger partial charge is 0.469 e. The summed E-state index contributed by atoms with van der Waals surface area (Å²) in [7, 11) is 1.31. The molecule has 104 valence electrons. The highest BCUT2D eigenvalue weighted by Gasteiger charge is 2.39. The molecule has 0 spiro atoms. The zero-order chi connectivity index (χ0) is 13.7. The standard InChI is InChI=1S/C12H22N2O4/c1-8(2)14-7-5-9(15)11(14)12(17)13-6-4-10(16)18-3/h8-9,11,15H,4-7H2,1-3H3,(H,13,17)/t9-,11-/m0/s1. The molecule has 0 bridgehead atoms. The minimum atomic E-state index is -0.634. The van der Waals surface area contributed by atoms with Crippen LogP contribution in [-0.4, -0.2) is 60.3 Å². The zero-order valence-electron chi connectivity index (χ0n) is 11.2. The minimum absolute atomic E-state index is 0.146. The Morgan fingerprint density at radius 1 is 1.50 bits per heavy atom. The lowest BCUT2D eigenvalue weighted by atomic mass is 10.1. The second-order valence-corrected chi connectivity index (χ2v) is 4.75. The smallest absolute Gasteiger partial charge is 0.307 e. The first-order valence-electron chi connectivity index (χ1n) is 6.25. The summed E-state index contributed by atoms with van der Waals surface area (Å²) in [5.41, 5.74) is 0. The lowest BCUT2D eigenvalue weighted by molar-refractivity contribution is -0.140. The molecular formula is C12H22N2O4. The van der Waals surface area contributed by atoms with E-state index in [1.165, 1.54) is 7.11 Å². The number of nitrogens with zero attached hydrogens (tertiary/aromatic N) is 1. The van der Waals surface area contributed by atoms with Crippen LogP contribution >= 0.6 is 0 Å². The van der Waals surface area contributed by atoms with E-state index < -0.39 is 12.1 Å². The van der Waals surface area contributed by atoms with E-state index >= 15 is 0 Å². The second-order valence-electron chi connectivity index (χ2n) is 4.75. The van der Waals surface area contributed by atoms with E-state index in [9.17, 15) is 14.7 Å². The van der Waals surface area contributed by atoms with Gasteiger partial charge in [0.1, 0.15) is 6.04 Å². The number of ether oxygens (including phenoxy) is 1. The first-order chi connectivity index (χ1) is 8.47. The Morgan fingerprint density at radius 2 is 2.17 bits per heavy atom. The summed E-state index contributed by atoms with van der Waals surface area (Å²) in [5.74, 6) is -0.583. The van der Waals surface area contributed by atoms with Gasteiger partial charge in [-0.2, -0.15) is 0 Å². The predicted molar refractivity (Wildman–Crippen MR) is 65.9 cm³/mol. The molecule has 1 rings (SSSR count). The highest BCUT2D eigenvalue weighted by molar-refractivity contribution is 5.83. The van der Waals surface area contributed by atoms with E-state index in [0.717, 1.165) is 0 Å². The molecule has 0 unspecified atom stereocenters. The van der Waals surface area contributed by atoms with Gasteiger partial charge in [0, 0.05) is 19.1 Å². The van der Waals surface area contributed by atoms with Gasteiger partial charge in [0.15, 0.2) is 0 Å². The Hall–Kier alpha value is -1.14. The maximum Gasteiger partial charge on any atom is 0.307 e. The number of hydrogen-bond donors (Lipinski definition) is 2. The summed E-state index contributed by atoms with van der Waals surface area (Å²) in [5, 5.41) is 12.5. The Kier molecular flexibility index (Phi) is 5.55. The number of methoxy groups -OCH3 is 1. The van der Waals surface area contributed by atoms with E-state index in [1.54, 1.807) is 0 Å². The van der Waals surface area contributed by atoms with Gasteiger partial charge in [-0.1, -0.05) is 0 Å². The fourth-order valence-electron chi connectivity index (χ4n) is 2.20. The molecule has 0 aliphatic carbocycles. The van der Waals surface area contributed by atoms with Crippen LogP contribution in [0.25, 0.3) is 0 Å². The van der Waals surface area contributed by atoms with Crippen LogP contribution in [0.3, 0.4) is 0 Å². The highest BCUT2D eigenvalue weighted by Crippen LogP contribution is 2.20. The van der Waals surface area contributed by atoms with E-state index in [1.807, 2.05) is 18.7 Å². The molecule has 0 radical (unpaired) electrons. The fraction of sp³-hybridized carbons (Fsp3) is 0.833. The molecule has 0 aromatic carbocycles. The van der Waals surface area contributed by atoms with Crippen molar-refractivity contribution < 1.29 is 19.4 Å². The zero-order valence-corrected chi connectivity index (χ0v) is 11.2. The summed E-state index contributed by atoms with van der Waals surface area (Å²) >= 11 is 0. The molecule has 1 aliphatic rings. The van der Waals surface area contributed by atoms with E-state index in [4.69, 9.17) is 0 Å². The summed E-state index contributed by atoms with van der Waals surface area (Å²) in [4.78, 5) is 24.9. The van der Waals surface area contributed by atoms with E-state index in [2.05, 4.69) is 10.1 Å². The van der Waals surface area contributed by atoms with Crippen LogP contribution in [0.15, 0.2) is 0 Å². The second kappa shape index (κ2) is 6.70. The SMILES string of the molecule is COC(=O)CCNC(=O)[C@@H]1[C@@H](O)CCN1C(C)C. The van der Waals surface area contributed by atoms with Gasteiger partial charge in [0.2, 0.25) is 5.91 Å². The van der Waals surface area contributed by atoms with Crippen LogP contribution in [0, 0.1) is 0 Å². The molecule has 18 heavy (non-hydrogen) atoms. The molecule has 2 atom stereocenters. The van der Waals surface area contributed by atoms with Crippen LogP contribution in [0.5, 0.6) is 0 Å². The third-order valence-electron chi connectivity index (χ3n) is 3.19. The maximum atomic E-state index is 12.0. The number of aliphatic hydroxyl groups is 1. The van der Waals surface area contributed by atoms with Crippen molar-refractivity contribution in [3.05, 3.63) is 0 Å². The van der Waals surface area contributed by atoms with Crippen molar-refractivity contribution in [3.63, 3.8) is 0 Å². The number of likely N-dealkylation sites (tertiary alicyclic amines) is 1. The van der Waals surface area contributed by atoms with Gasteiger partial charge in [0.25, 0.3) is 0 Å². The van der Waals surface area contributed by atoms with Crippen LogP contribution in [0.2, 0.25) is 0 Å². The molecular weight excluding hydrogens is 236 g/mol. The van der Waals surface area contributed by atoms with Crippen molar-refractivity contribution in [1.82, 2.24) is 10.2 Å². The van der Waals surface area contributed by atoms with Crippen molar-refractivity contribution in [2.24, 2.45) is 0 Å². The highest BCUT2D eigenvalue weighted by atomic mass is 16.5. The summed E-state index contributed by atoms with van der Waals surface area (Å²) < 4.78 is 4.49. The van der Waals surface area contributed by atoms with Gasteiger partial charge in [-0.05, 0) is 20.3 Å². The quantitative estimate of drug-likeness (QED) is 0.651. The van der Waals surface area contributed by atoms with Crippen molar-refractivity contribution in [2.45, 2.75) is 44.9 Å². The van der Waals surface area contributed by atoms with Crippen LogP contribution in [0.4, 0.5) is 0 Å². The molecule has 1 saturated heterocycles. The number of amides is 1. The average molecular weight is 258 g/mol. The lowest BCUT2D eigenvalue weighted by Gasteiger charge is -2.28. The van der Waals surface area contributed by atoms with Gasteiger partial charge >= 0.3 is 5.97 Å². The number of nitrogens with one attached hydrogen (secondary N) is 1. The molecule has 6 nitrogen and oxygen atoms in total. The maximum absolute atomic E-state index is 12.0. The van der Waals surface area contributed by atoms with Crippen molar-refractivity contribution in [1.29, 1.82) is 0 Å². The topological polar surface area (TPSA) is 78.9 Å². The fourth-order valence-corrected chi connectivity index (χ4v) is 2.20. The van der Waals surface area contributed by atoms with E-state index in [-0.39, 0.29) is 30.9 Å². The molecule has 1 amide bonds. The number of carbonyl (C=O) groups excluding carboxylic acids is 2. The third-order valence-corrected chi connectivity index (χ3v) is 3.19. The van der Waals surface area contributed by atoms with Gasteiger partial charge in [0.05, 0.1) is 19.6 Å². The molecule has 1 fully saturated rings. The number of aliphatic hydroxyl groups excluding tert-OH is 1. The van der Waals surface area contributed by atoms with Crippen molar-refractivity contribution >= 4 is 11.9 Å². The molecule has 1 aliphatic heterocycles. The molecule has 0 aromatic heterocycles. The Morgan fingerprint density at radius 3 is 2.72 bits per heavy atom. The Labute approximate surface area is 107 Å². The molecule has 0 aromatic rings.